The lowest BCUT2D eigenvalue weighted by molar-refractivity contribution is -0.134. The molecule has 1 heterocycles. The van der Waals surface area contributed by atoms with E-state index in [0.717, 1.165) is 78.3 Å². The van der Waals surface area contributed by atoms with Crippen LogP contribution in [0.15, 0.2) is 152 Å². The second kappa shape index (κ2) is 21.8. The SMILES string of the molecule is CCCCC/C=C/C/C=C\CCCCCCCC(=O)Oc1ccc(-c2nc(-c3ccc(-c4ccccc4)cc3)nc(-c3ccc(-c4ccccc4)cc3)n2)c(O)c1. The zero-order valence-corrected chi connectivity index (χ0v) is 33.0. The van der Waals surface area contributed by atoms with E-state index in [1.807, 2.05) is 60.7 Å². The molecule has 0 amide bonds. The lowest BCUT2D eigenvalue weighted by Gasteiger charge is -2.11. The molecular formula is C51H53N3O3. The van der Waals surface area contributed by atoms with Crippen LogP contribution < -0.4 is 4.74 Å². The molecular weight excluding hydrogens is 703 g/mol. The number of rotatable bonds is 20. The van der Waals surface area contributed by atoms with Crippen LogP contribution in [0.1, 0.15) is 84.0 Å². The minimum absolute atomic E-state index is 0.0840. The van der Waals surface area contributed by atoms with Gasteiger partial charge in [-0.05, 0) is 72.9 Å². The molecule has 0 saturated carbocycles. The average Bonchev–Trinajstić information content (AvgIpc) is 3.25. The number of allylic oxidation sites excluding steroid dienone is 4. The molecule has 5 aromatic carbocycles. The number of esters is 1. The number of unbranched alkanes of at least 4 members (excludes halogenated alkanes) is 8. The summed E-state index contributed by atoms with van der Waals surface area (Å²) in [5.74, 6) is 1.17. The first-order valence-corrected chi connectivity index (χ1v) is 20.5. The Morgan fingerprint density at radius 3 is 1.54 bits per heavy atom. The maximum Gasteiger partial charge on any atom is 0.311 e. The summed E-state index contributed by atoms with van der Waals surface area (Å²) in [4.78, 5) is 27.2. The van der Waals surface area contributed by atoms with E-state index in [-0.39, 0.29) is 17.5 Å². The largest absolute Gasteiger partial charge is 0.507 e. The van der Waals surface area contributed by atoms with Crippen LogP contribution in [-0.4, -0.2) is 26.0 Å². The van der Waals surface area contributed by atoms with Crippen LogP contribution in [0.25, 0.3) is 56.4 Å². The minimum Gasteiger partial charge on any atom is -0.507 e. The van der Waals surface area contributed by atoms with E-state index in [0.29, 0.717) is 29.5 Å². The summed E-state index contributed by atoms with van der Waals surface area (Å²) in [6.07, 6.45) is 21.8. The van der Waals surface area contributed by atoms with Gasteiger partial charge in [-0.15, -0.1) is 0 Å². The van der Waals surface area contributed by atoms with Gasteiger partial charge < -0.3 is 9.84 Å². The highest BCUT2D eigenvalue weighted by atomic mass is 16.5. The fraction of sp³-hybridized carbons (Fsp3) is 0.255. The summed E-state index contributed by atoms with van der Waals surface area (Å²) in [6, 6.07) is 41.4. The summed E-state index contributed by atoms with van der Waals surface area (Å²) < 4.78 is 5.62. The van der Waals surface area contributed by atoms with Crippen LogP contribution >= 0.6 is 0 Å². The molecule has 6 heteroatoms. The molecule has 0 unspecified atom stereocenters. The molecule has 0 bridgehead atoms. The highest BCUT2D eigenvalue weighted by Crippen LogP contribution is 2.34. The van der Waals surface area contributed by atoms with E-state index >= 15 is 0 Å². The number of nitrogens with zero attached hydrogens (tertiary/aromatic N) is 3. The Morgan fingerprint density at radius 2 is 1.00 bits per heavy atom. The summed E-state index contributed by atoms with van der Waals surface area (Å²) in [7, 11) is 0. The van der Waals surface area contributed by atoms with Crippen LogP contribution in [0.2, 0.25) is 0 Å². The van der Waals surface area contributed by atoms with Gasteiger partial charge in [-0.2, -0.15) is 0 Å². The van der Waals surface area contributed by atoms with Gasteiger partial charge in [0.05, 0.1) is 5.56 Å². The summed E-state index contributed by atoms with van der Waals surface area (Å²) in [5, 5.41) is 11.2. The van der Waals surface area contributed by atoms with Crippen molar-refractivity contribution in [3.63, 3.8) is 0 Å². The molecule has 0 aliphatic heterocycles. The molecule has 0 radical (unpaired) electrons. The fourth-order valence-electron chi connectivity index (χ4n) is 6.67. The van der Waals surface area contributed by atoms with Crippen molar-refractivity contribution in [2.24, 2.45) is 0 Å². The number of carbonyl (C=O) groups excluding carboxylic acids is 1. The molecule has 6 rings (SSSR count). The average molecular weight is 756 g/mol. The van der Waals surface area contributed by atoms with Crippen molar-refractivity contribution >= 4 is 5.97 Å². The van der Waals surface area contributed by atoms with E-state index in [4.69, 9.17) is 19.7 Å². The van der Waals surface area contributed by atoms with Gasteiger partial charge in [-0.3, -0.25) is 4.79 Å². The van der Waals surface area contributed by atoms with Gasteiger partial charge >= 0.3 is 5.97 Å². The van der Waals surface area contributed by atoms with Crippen molar-refractivity contribution in [1.29, 1.82) is 0 Å². The van der Waals surface area contributed by atoms with Gasteiger partial charge in [0.2, 0.25) is 0 Å². The van der Waals surface area contributed by atoms with Crippen molar-refractivity contribution in [1.82, 2.24) is 15.0 Å². The van der Waals surface area contributed by atoms with Gasteiger partial charge in [-0.1, -0.05) is 173 Å². The Hall–Kier alpha value is -6.14. The summed E-state index contributed by atoms with van der Waals surface area (Å²) in [6.45, 7) is 2.24. The molecule has 0 saturated heterocycles. The maximum absolute atomic E-state index is 12.7. The number of phenols is 1. The first kappa shape index (κ1) is 40.5. The Labute approximate surface area is 338 Å². The topological polar surface area (TPSA) is 85.2 Å². The monoisotopic (exact) mass is 755 g/mol. The van der Waals surface area contributed by atoms with Crippen LogP contribution in [0, 0.1) is 0 Å². The number of ether oxygens (including phenoxy) is 1. The first-order chi connectivity index (χ1) is 28.1. The molecule has 0 atom stereocenters. The van der Waals surface area contributed by atoms with Gasteiger partial charge in [0.15, 0.2) is 17.5 Å². The van der Waals surface area contributed by atoms with Gasteiger partial charge in [0.25, 0.3) is 0 Å². The van der Waals surface area contributed by atoms with Gasteiger partial charge in [-0.25, -0.2) is 15.0 Å². The zero-order valence-electron chi connectivity index (χ0n) is 33.0. The predicted octanol–water partition coefficient (Wildman–Crippen LogP) is 13.6. The van der Waals surface area contributed by atoms with Gasteiger partial charge in [0, 0.05) is 23.6 Å². The number of phenolic OH excluding ortho intramolecular Hbond substituents is 1. The van der Waals surface area contributed by atoms with E-state index in [9.17, 15) is 9.90 Å². The number of carbonyl (C=O) groups is 1. The molecule has 57 heavy (non-hydrogen) atoms. The lowest BCUT2D eigenvalue weighted by atomic mass is 10.0. The molecule has 6 nitrogen and oxygen atoms in total. The number of hydrogen-bond donors (Lipinski definition) is 1. The first-order valence-electron chi connectivity index (χ1n) is 20.5. The third-order valence-electron chi connectivity index (χ3n) is 9.91. The van der Waals surface area contributed by atoms with E-state index in [1.54, 1.807) is 12.1 Å². The molecule has 6 aromatic rings. The van der Waals surface area contributed by atoms with E-state index in [2.05, 4.69) is 79.8 Å². The number of aromatic hydroxyl groups is 1. The van der Waals surface area contributed by atoms with Crippen LogP contribution in [0.5, 0.6) is 11.5 Å². The maximum atomic E-state index is 12.7. The summed E-state index contributed by atoms with van der Waals surface area (Å²) >= 11 is 0. The molecule has 290 valence electrons. The highest BCUT2D eigenvalue weighted by molar-refractivity contribution is 5.75. The second-order valence-corrected chi connectivity index (χ2v) is 14.3. The van der Waals surface area contributed by atoms with Crippen LogP contribution in [0.4, 0.5) is 0 Å². The van der Waals surface area contributed by atoms with E-state index in [1.165, 1.54) is 31.7 Å². The third-order valence-corrected chi connectivity index (χ3v) is 9.91. The zero-order chi connectivity index (χ0) is 39.5. The van der Waals surface area contributed by atoms with Crippen molar-refractivity contribution in [2.75, 3.05) is 0 Å². The van der Waals surface area contributed by atoms with Crippen LogP contribution in [-0.2, 0) is 4.79 Å². The Balaban J connectivity index is 1.07. The molecule has 0 spiro atoms. The normalized spacial score (nSPS) is 11.4. The molecule has 0 aliphatic rings. The smallest absolute Gasteiger partial charge is 0.311 e. The standard InChI is InChI=1S/C51H53N3O3/c1-2-3-4-5-6-7-8-9-10-11-12-13-14-15-22-27-48(56)57-45-36-37-46(47(55)38-45)51-53-49(43-32-28-41(29-33-43)39-23-18-16-19-24-39)52-50(54-51)44-34-30-42(31-35-44)40-25-20-17-21-26-40/h6-7,9-10,16-21,23-26,28-38,55H,2-5,8,11-15,22,27H2,1H3/b7-6+,10-9-. The predicted molar refractivity (Wildman–Crippen MR) is 234 cm³/mol. The Bertz CT molecular complexity index is 2090. The third kappa shape index (κ3) is 12.4. The highest BCUT2D eigenvalue weighted by Gasteiger charge is 2.17. The van der Waals surface area contributed by atoms with Gasteiger partial charge in [0.1, 0.15) is 11.5 Å². The Morgan fingerprint density at radius 1 is 0.526 bits per heavy atom. The minimum atomic E-state index is -0.310. The molecule has 0 aliphatic carbocycles. The number of hydrogen-bond acceptors (Lipinski definition) is 6. The summed E-state index contributed by atoms with van der Waals surface area (Å²) in [5.41, 5.74) is 6.47. The molecule has 0 fully saturated rings. The quantitative estimate of drug-likeness (QED) is 0.0361. The van der Waals surface area contributed by atoms with E-state index < -0.39 is 0 Å². The van der Waals surface area contributed by atoms with Crippen LogP contribution in [0.3, 0.4) is 0 Å². The number of aromatic nitrogens is 3. The van der Waals surface area contributed by atoms with Crippen molar-refractivity contribution in [2.45, 2.75) is 84.0 Å². The fourth-order valence-corrected chi connectivity index (χ4v) is 6.67. The van der Waals surface area contributed by atoms with Crippen molar-refractivity contribution in [3.8, 4) is 67.9 Å². The molecule has 1 aromatic heterocycles. The Kier molecular flexibility index (Phi) is 15.5. The lowest BCUT2D eigenvalue weighted by Crippen LogP contribution is -2.07. The second-order valence-electron chi connectivity index (χ2n) is 14.3. The molecule has 1 N–H and O–H groups in total. The van der Waals surface area contributed by atoms with Crippen molar-refractivity contribution < 1.29 is 14.6 Å². The number of benzene rings is 5. The van der Waals surface area contributed by atoms with Crippen molar-refractivity contribution in [3.05, 3.63) is 152 Å².